The van der Waals surface area contributed by atoms with Gasteiger partial charge >= 0.3 is 0 Å². The van der Waals surface area contributed by atoms with Gasteiger partial charge in [-0.1, -0.05) is 394 Å². The maximum Gasteiger partial charge on any atom is 0.164 e. The first-order chi connectivity index (χ1) is 66.9. The standard InChI is InChI=1S/3C41H25N3O/c1-3-12-26(13-4-1)39-42-40(27-14-5-2-6-15-27)44-41(43-39)34-22-11-20-29-30(19-10-21-31(29)34)32-18-9-16-28-24-36-33-17-7-8-23-37(33)45-38(36)25-35(28)32;1-3-11-26(12-4-1)39-42-40(27-13-5-2-6-14-27)44-41(43-39)34-19-9-15-28-25-29(21-22-31(28)34)30-17-10-18-33-32(30)23-24-37-38(33)35-16-7-8-20-36(35)45-37;1-3-10-26(11-4-1)39-42-40(27-12-5-2-6-13-27)44-41(43-39)34-16-9-14-30-24-28(18-21-32(30)34)29-19-22-33-31(25-29)20-23-37-38(33)35-15-7-8-17-36(35)45-37/h3*1-25H. The first-order valence-electron chi connectivity index (χ1n) is 45.1. The molecule has 27 rings (SSSR count). The van der Waals surface area contributed by atoms with Gasteiger partial charge in [-0.15, -0.1) is 0 Å². The molecule has 0 aliphatic heterocycles. The van der Waals surface area contributed by atoms with Crippen LogP contribution in [0.4, 0.5) is 0 Å². The topological polar surface area (TPSA) is 155 Å². The van der Waals surface area contributed by atoms with E-state index in [4.69, 9.17) is 58.1 Å². The Morgan fingerprint density at radius 3 is 0.852 bits per heavy atom. The molecule has 0 radical (unpaired) electrons. The lowest BCUT2D eigenvalue weighted by atomic mass is 9.92. The van der Waals surface area contributed by atoms with Crippen molar-refractivity contribution in [2.45, 2.75) is 0 Å². The van der Waals surface area contributed by atoms with E-state index in [1.165, 1.54) is 43.4 Å². The summed E-state index contributed by atoms with van der Waals surface area (Å²) in [5, 5.41) is 20.6. The number of furan rings is 3. The maximum atomic E-state index is 6.29. The van der Waals surface area contributed by atoms with E-state index in [1.54, 1.807) is 0 Å². The van der Waals surface area contributed by atoms with Crippen LogP contribution in [-0.2, 0) is 0 Å². The molecule has 12 nitrogen and oxygen atoms in total. The van der Waals surface area contributed by atoms with E-state index in [0.29, 0.717) is 52.4 Å². The molecule has 135 heavy (non-hydrogen) atoms. The van der Waals surface area contributed by atoms with E-state index >= 15 is 0 Å². The third kappa shape index (κ3) is 14.6. The lowest BCUT2D eigenvalue weighted by Crippen LogP contribution is -2.00. The number of benzene rings is 21. The Bertz CT molecular complexity index is 9140. The minimum absolute atomic E-state index is 0.646. The molecule has 0 saturated heterocycles. The molecule has 0 unspecified atom stereocenters. The normalized spacial score (nSPS) is 11.6. The predicted octanol–water partition coefficient (Wildman–Crippen LogP) is 32.2. The van der Waals surface area contributed by atoms with Crippen LogP contribution in [0.3, 0.4) is 0 Å². The Morgan fingerprint density at radius 2 is 0.400 bits per heavy atom. The molecule has 6 aromatic heterocycles. The van der Waals surface area contributed by atoms with Crippen LogP contribution in [0.1, 0.15) is 0 Å². The van der Waals surface area contributed by atoms with Gasteiger partial charge in [0.25, 0.3) is 0 Å². The molecule has 0 N–H and O–H groups in total. The molecule has 0 fully saturated rings. The van der Waals surface area contributed by atoms with Crippen LogP contribution < -0.4 is 0 Å². The highest BCUT2D eigenvalue weighted by atomic mass is 16.3. The van der Waals surface area contributed by atoms with Crippen molar-refractivity contribution in [2.75, 3.05) is 0 Å². The Kier molecular flexibility index (Phi) is 19.6. The van der Waals surface area contributed by atoms with Crippen LogP contribution in [0.5, 0.6) is 0 Å². The van der Waals surface area contributed by atoms with Gasteiger partial charge in [-0.3, -0.25) is 0 Å². The number of aromatic nitrogens is 9. The van der Waals surface area contributed by atoms with Crippen LogP contribution in [0.25, 0.3) is 266 Å². The average molecular weight is 1730 g/mol. The van der Waals surface area contributed by atoms with Gasteiger partial charge in [0.1, 0.15) is 33.5 Å². The molecular weight excluding hydrogens is 1650 g/mol. The van der Waals surface area contributed by atoms with E-state index in [1.807, 2.05) is 218 Å². The number of hydrogen-bond acceptors (Lipinski definition) is 12. The fourth-order valence-corrected chi connectivity index (χ4v) is 19.1. The lowest BCUT2D eigenvalue weighted by molar-refractivity contribution is 0.669. The number of para-hydroxylation sites is 3. The van der Waals surface area contributed by atoms with Crippen molar-refractivity contribution in [2.24, 2.45) is 0 Å². The zero-order valence-corrected chi connectivity index (χ0v) is 72.6. The summed E-state index contributed by atoms with van der Waals surface area (Å²) in [5.41, 5.74) is 21.1. The van der Waals surface area contributed by atoms with Gasteiger partial charge in [0.05, 0.1) is 0 Å². The SMILES string of the molecule is c1ccc(-c2nc(-c3ccccc3)nc(-c3cccc4c(-c5cccc6cc7c(cc56)oc5ccccc57)cccc34)n2)cc1.c1ccc(-c2nc(-c3ccccc3)nc(-c3cccc4cc(-c5ccc6c(ccc7oc8ccccc8c76)c5)ccc34)n2)cc1.c1ccc(-c2nc(-c3ccccc3)nc(-c3cccc4cc(-c5cccc6c5ccc5oc7ccccc7c56)ccc34)n2)cc1. The molecule has 0 amide bonds. The molecule has 0 spiro atoms. The highest BCUT2D eigenvalue weighted by Crippen LogP contribution is 2.45. The van der Waals surface area contributed by atoms with Gasteiger partial charge in [-0.2, -0.15) is 0 Å². The van der Waals surface area contributed by atoms with Crippen LogP contribution in [0.15, 0.2) is 468 Å². The van der Waals surface area contributed by atoms with Crippen molar-refractivity contribution in [1.82, 2.24) is 44.9 Å². The molecule has 27 aromatic rings. The van der Waals surface area contributed by atoms with Crippen LogP contribution in [0.2, 0.25) is 0 Å². The van der Waals surface area contributed by atoms with Crippen LogP contribution in [-0.4, -0.2) is 44.9 Å². The second kappa shape index (κ2) is 33.6. The Hall–Kier alpha value is -18.4. The first kappa shape index (κ1) is 78.8. The Balaban J connectivity index is 0.000000108. The van der Waals surface area contributed by atoms with Gasteiger partial charge in [0.2, 0.25) is 0 Å². The van der Waals surface area contributed by atoms with Crippen molar-refractivity contribution in [3.8, 4) is 136 Å². The van der Waals surface area contributed by atoms with Crippen molar-refractivity contribution < 1.29 is 13.3 Å². The van der Waals surface area contributed by atoms with Gasteiger partial charge in [0.15, 0.2) is 52.4 Å². The molecule has 0 atom stereocenters. The van der Waals surface area contributed by atoms with Crippen molar-refractivity contribution in [3.05, 3.63) is 455 Å². The highest BCUT2D eigenvalue weighted by molar-refractivity contribution is 6.22. The average Bonchev–Trinajstić information content (AvgIpc) is 1.70. The lowest BCUT2D eigenvalue weighted by Gasteiger charge is -2.14. The van der Waals surface area contributed by atoms with E-state index < -0.39 is 0 Å². The zero-order valence-electron chi connectivity index (χ0n) is 72.6. The second-order valence-corrected chi connectivity index (χ2v) is 33.7. The molecule has 630 valence electrons. The Labute approximate surface area is 774 Å². The summed E-state index contributed by atoms with van der Waals surface area (Å²) in [5.74, 6) is 5.88. The monoisotopic (exact) mass is 1730 g/mol. The van der Waals surface area contributed by atoms with Gasteiger partial charge < -0.3 is 13.3 Å². The van der Waals surface area contributed by atoms with Crippen LogP contribution in [0, 0.1) is 0 Å². The Morgan fingerprint density at radius 1 is 0.119 bits per heavy atom. The van der Waals surface area contributed by atoms with Gasteiger partial charge in [-0.05, 0) is 159 Å². The molecule has 0 bridgehead atoms. The molecule has 0 aliphatic carbocycles. The highest BCUT2D eigenvalue weighted by Gasteiger charge is 2.23. The number of nitrogens with zero attached hydrogens (tertiary/aromatic N) is 9. The largest absolute Gasteiger partial charge is 0.456 e. The third-order valence-corrected chi connectivity index (χ3v) is 25.6. The van der Waals surface area contributed by atoms with Crippen LogP contribution >= 0.6 is 0 Å². The second-order valence-electron chi connectivity index (χ2n) is 33.7. The summed E-state index contributed by atoms with van der Waals surface area (Å²) >= 11 is 0. The molecular formula is C123H75N9O3. The number of fused-ring (bicyclic) bond motifs is 17. The van der Waals surface area contributed by atoms with E-state index in [-0.39, 0.29) is 0 Å². The summed E-state index contributed by atoms with van der Waals surface area (Å²) in [6.45, 7) is 0. The predicted molar refractivity (Wildman–Crippen MR) is 552 cm³/mol. The van der Waals surface area contributed by atoms with Crippen molar-refractivity contribution in [3.63, 3.8) is 0 Å². The molecule has 0 saturated carbocycles. The molecule has 12 heteroatoms. The number of rotatable bonds is 12. The zero-order chi connectivity index (χ0) is 89.2. The van der Waals surface area contributed by atoms with Crippen molar-refractivity contribution >= 4 is 130 Å². The minimum atomic E-state index is 0.646. The third-order valence-electron chi connectivity index (χ3n) is 25.6. The summed E-state index contributed by atoms with van der Waals surface area (Å²) in [6, 6.07) is 157. The minimum Gasteiger partial charge on any atom is -0.456 e. The first-order valence-corrected chi connectivity index (χ1v) is 45.1. The summed E-state index contributed by atoms with van der Waals surface area (Å²) in [6.07, 6.45) is 0. The molecule has 0 aliphatic rings. The van der Waals surface area contributed by atoms with E-state index in [9.17, 15) is 0 Å². The van der Waals surface area contributed by atoms with E-state index in [0.717, 1.165) is 170 Å². The molecule has 21 aromatic carbocycles. The van der Waals surface area contributed by atoms with Crippen molar-refractivity contribution in [1.29, 1.82) is 0 Å². The van der Waals surface area contributed by atoms with E-state index in [2.05, 4.69) is 237 Å². The van der Waals surface area contributed by atoms with Gasteiger partial charge in [0, 0.05) is 82.4 Å². The summed E-state index contributed by atoms with van der Waals surface area (Å²) in [7, 11) is 0. The fourth-order valence-electron chi connectivity index (χ4n) is 19.1. The number of hydrogen-bond donors (Lipinski definition) is 0. The fraction of sp³-hybridized carbons (Fsp3) is 0. The quantitative estimate of drug-likeness (QED) is 0.114. The van der Waals surface area contributed by atoms with Gasteiger partial charge in [-0.25, -0.2) is 44.9 Å². The maximum absolute atomic E-state index is 6.29. The summed E-state index contributed by atoms with van der Waals surface area (Å²) in [4.78, 5) is 44.6. The molecule has 6 heterocycles. The summed E-state index contributed by atoms with van der Waals surface area (Å²) < 4.78 is 18.6. The smallest absolute Gasteiger partial charge is 0.164 e.